The minimum absolute atomic E-state index is 0. The summed E-state index contributed by atoms with van der Waals surface area (Å²) < 4.78 is 21.1. The predicted molar refractivity (Wildman–Crippen MR) is 41.5 cm³/mol. The van der Waals surface area contributed by atoms with E-state index in [2.05, 4.69) is 0 Å². The van der Waals surface area contributed by atoms with Crippen LogP contribution in [0.15, 0.2) is 0 Å². The SMILES string of the molecule is [NH-]S(=O)(=O)C(CC(=O)O)CC(=O)O.[Na+]. The molecule has 0 aromatic heterocycles. The Morgan fingerprint density at radius 1 is 1.14 bits per heavy atom. The van der Waals surface area contributed by atoms with Crippen molar-refractivity contribution in [2.45, 2.75) is 18.1 Å². The van der Waals surface area contributed by atoms with E-state index in [9.17, 15) is 18.0 Å². The van der Waals surface area contributed by atoms with Gasteiger partial charge in [0, 0.05) is 0 Å². The number of sulfonamides is 1. The third-order valence-electron chi connectivity index (χ3n) is 1.24. The Kier molecular flexibility index (Phi) is 7.39. The van der Waals surface area contributed by atoms with E-state index in [1.165, 1.54) is 0 Å². The standard InChI is InChI=1S/C5H9NO6S.Na/c6-13(11,12)3(1-4(7)8)2-5(9)10;/h3H,1-2H2,(H4,6,7,8,9,10,11,12);/q;+1/p-1. The molecule has 0 bridgehead atoms. The Morgan fingerprint density at radius 2 is 1.43 bits per heavy atom. The van der Waals surface area contributed by atoms with Crippen LogP contribution in [0.5, 0.6) is 0 Å². The second-order valence-electron chi connectivity index (χ2n) is 2.36. The van der Waals surface area contributed by atoms with Crippen LogP contribution in [0.2, 0.25) is 0 Å². The van der Waals surface area contributed by atoms with Crippen molar-refractivity contribution in [3.05, 3.63) is 5.14 Å². The quantitative estimate of drug-likeness (QED) is 0.478. The van der Waals surface area contributed by atoms with E-state index in [1.54, 1.807) is 0 Å². The van der Waals surface area contributed by atoms with Crippen LogP contribution < -0.4 is 29.6 Å². The van der Waals surface area contributed by atoms with Gasteiger partial charge in [-0.3, -0.25) is 9.59 Å². The van der Waals surface area contributed by atoms with Crippen molar-refractivity contribution in [1.82, 2.24) is 0 Å². The van der Waals surface area contributed by atoms with Gasteiger partial charge in [-0.25, -0.2) is 8.42 Å². The number of hydrogen-bond acceptors (Lipinski definition) is 4. The van der Waals surface area contributed by atoms with E-state index in [-0.39, 0.29) is 29.6 Å². The van der Waals surface area contributed by atoms with Crippen LogP contribution in [0.25, 0.3) is 5.14 Å². The molecule has 9 heteroatoms. The normalized spacial score (nSPS) is 10.7. The first-order chi connectivity index (χ1) is 5.73. The molecule has 0 saturated heterocycles. The van der Waals surface area contributed by atoms with Gasteiger partial charge in [0.1, 0.15) is 0 Å². The number of carbonyl (C=O) groups is 2. The first-order valence-corrected chi connectivity index (χ1v) is 4.70. The van der Waals surface area contributed by atoms with E-state index in [4.69, 9.17) is 15.4 Å². The van der Waals surface area contributed by atoms with E-state index >= 15 is 0 Å². The van der Waals surface area contributed by atoms with Crippen molar-refractivity contribution < 1.29 is 57.8 Å². The van der Waals surface area contributed by atoms with E-state index in [0.29, 0.717) is 0 Å². The molecule has 7 nitrogen and oxygen atoms in total. The van der Waals surface area contributed by atoms with Gasteiger partial charge in [0.2, 0.25) is 0 Å². The molecule has 0 aliphatic carbocycles. The molecule has 0 aromatic carbocycles. The predicted octanol–water partition coefficient (Wildman–Crippen LogP) is -3.31. The van der Waals surface area contributed by atoms with Crippen molar-refractivity contribution in [3.63, 3.8) is 0 Å². The van der Waals surface area contributed by atoms with Gasteiger partial charge < -0.3 is 15.4 Å². The molecule has 14 heavy (non-hydrogen) atoms. The fourth-order valence-electron chi connectivity index (χ4n) is 0.681. The zero-order valence-corrected chi connectivity index (χ0v) is 10.2. The molecule has 0 fully saturated rings. The molecule has 76 valence electrons. The van der Waals surface area contributed by atoms with Gasteiger partial charge >= 0.3 is 41.5 Å². The number of carboxylic acid groups (broad SMARTS) is 2. The van der Waals surface area contributed by atoms with Crippen LogP contribution in [0.3, 0.4) is 0 Å². The summed E-state index contributed by atoms with van der Waals surface area (Å²) >= 11 is 0. The summed E-state index contributed by atoms with van der Waals surface area (Å²) in [6.45, 7) is 0. The zero-order valence-electron chi connectivity index (χ0n) is 7.43. The maximum atomic E-state index is 10.5. The second-order valence-corrected chi connectivity index (χ2v) is 4.12. The summed E-state index contributed by atoms with van der Waals surface area (Å²) in [7, 11) is -4.37. The summed E-state index contributed by atoms with van der Waals surface area (Å²) in [5, 5.41) is 21.3. The smallest absolute Gasteiger partial charge is 0.564 e. The van der Waals surface area contributed by atoms with Crippen molar-refractivity contribution in [2.24, 2.45) is 0 Å². The Hall–Kier alpha value is -0.150. The Morgan fingerprint density at radius 3 is 1.57 bits per heavy atom. The van der Waals surface area contributed by atoms with Gasteiger partial charge in [-0.2, -0.15) is 0 Å². The minimum atomic E-state index is -4.37. The van der Waals surface area contributed by atoms with E-state index in [0.717, 1.165) is 0 Å². The first kappa shape index (κ1) is 16.3. The van der Waals surface area contributed by atoms with Crippen molar-refractivity contribution >= 4 is 22.0 Å². The minimum Gasteiger partial charge on any atom is -0.564 e. The molecule has 0 aromatic rings. The molecule has 0 aliphatic heterocycles. The molecule has 3 N–H and O–H groups in total. The summed E-state index contributed by atoms with van der Waals surface area (Å²) in [5.41, 5.74) is 0. The summed E-state index contributed by atoms with van der Waals surface area (Å²) in [6.07, 6.45) is -1.73. The van der Waals surface area contributed by atoms with Crippen LogP contribution in [0.4, 0.5) is 0 Å². The topological polar surface area (TPSA) is 133 Å². The maximum absolute atomic E-state index is 10.5. The van der Waals surface area contributed by atoms with Gasteiger partial charge in [0.25, 0.3) is 0 Å². The molecule has 0 heterocycles. The zero-order chi connectivity index (χ0) is 10.6. The third-order valence-corrected chi connectivity index (χ3v) is 2.45. The van der Waals surface area contributed by atoms with Gasteiger partial charge in [-0.1, -0.05) is 0 Å². The van der Waals surface area contributed by atoms with Crippen LogP contribution in [-0.4, -0.2) is 35.8 Å². The van der Waals surface area contributed by atoms with Crippen molar-refractivity contribution in [1.29, 1.82) is 0 Å². The molecule has 0 amide bonds. The summed E-state index contributed by atoms with van der Waals surface area (Å²) in [6, 6.07) is 0. The average Bonchev–Trinajstić information content (AvgIpc) is 1.81. The van der Waals surface area contributed by atoms with Crippen molar-refractivity contribution in [3.8, 4) is 0 Å². The molecule has 0 unspecified atom stereocenters. The van der Waals surface area contributed by atoms with E-state index in [1.807, 2.05) is 0 Å². The number of hydrogen-bond donors (Lipinski definition) is 2. The largest absolute Gasteiger partial charge is 1.00 e. The number of aliphatic carboxylic acids is 2. The van der Waals surface area contributed by atoms with Crippen molar-refractivity contribution in [2.75, 3.05) is 0 Å². The van der Waals surface area contributed by atoms with E-state index < -0.39 is 40.1 Å². The molecule has 0 aliphatic rings. The van der Waals surface area contributed by atoms with Crippen LogP contribution in [0.1, 0.15) is 12.8 Å². The van der Waals surface area contributed by atoms with Gasteiger partial charge in [-0.15, -0.1) is 0 Å². The third kappa shape index (κ3) is 7.27. The molecule has 0 rings (SSSR count). The molecule has 0 radical (unpaired) electrons. The van der Waals surface area contributed by atoms with Crippen LogP contribution >= 0.6 is 0 Å². The molecule has 0 spiro atoms. The Bertz CT molecular complexity index is 296. The second kappa shape index (κ2) is 6.36. The number of nitrogens with one attached hydrogen (secondary N) is 1. The molecule has 0 atom stereocenters. The fraction of sp³-hybridized carbons (Fsp3) is 0.600. The Labute approximate surface area is 103 Å². The average molecular weight is 233 g/mol. The number of carboxylic acids is 2. The van der Waals surface area contributed by atoms with Gasteiger partial charge in [0.05, 0.1) is 28.1 Å². The monoisotopic (exact) mass is 233 g/mol. The molecular weight excluding hydrogens is 225 g/mol. The molecular formula is C5H8NNaO6S. The summed E-state index contributed by atoms with van der Waals surface area (Å²) in [5.74, 6) is -2.89. The van der Waals surface area contributed by atoms with Gasteiger partial charge in [0.15, 0.2) is 0 Å². The van der Waals surface area contributed by atoms with Crippen LogP contribution in [0, 0.1) is 0 Å². The maximum Gasteiger partial charge on any atom is 1.00 e. The first-order valence-electron chi connectivity index (χ1n) is 3.15. The fourth-order valence-corrected chi connectivity index (χ4v) is 1.41. The molecule has 0 saturated carbocycles. The Balaban J connectivity index is 0. The van der Waals surface area contributed by atoms with Crippen LogP contribution in [-0.2, 0) is 19.6 Å². The number of rotatable bonds is 5. The van der Waals surface area contributed by atoms with Gasteiger partial charge in [-0.05, 0) is 0 Å². The summed E-state index contributed by atoms with van der Waals surface area (Å²) in [4.78, 5) is 20.2.